The second-order valence-corrected chi connectivity index (χ2v) is 17.8. The van der Waals surface area contributed by atoms with E-state index in [0.717, 1.165) is 0 Å². The van der Waals surface area contributed by atoms with Crippen LogP contribution in [0.3, 0.4) is 0 Å². The van der Waals surface area contributed by atoms with Crippen molar-refractivity contribution in [2.24, 2.45) is 5.73 Å². The van der Waals surface area contributed by atoms with Crippen LogP contribution in [0.5, 0.6) is 0 Å². The Morgan fingerprint density at radius 1 is 0.407 bits per heavy atom. The number of nitrogens with two attached hydrogens (primary N) is 1. The van der Waals surface area contributed by atoms with Crippen LogP contribution >= 0.6 is 0 Å². The van der Waals surface area contributed by atoms with Crippen LogP contribution in [0.1, 0.15) is 34.6 Å². The summed E-state index contributed by atoms with van der Waals surface area (Å²) in [5.74, 6) is 0. The van der Waals surface area contributed by atoms with Crippen LogP contribution in [0.4, 0.5) is 0 Å². The normalized spacial score (nSPS) is 11.7. The molecule has 0 aromatic carbocycles. The van der Waals surface area contributed by atoms with Gasteiger partial charge in [0.15, 0.2) is 0 Å². The van der Waals surface area contributed by atoms with Gasteiger partial charge in [-0.25, -0.2) is 0 Å². The number of hydrogen-bond acceptors (Lipinski definition) is 15. The molecule has 0 heterocycles. The Bertz CT molecular complexity index is 918. The van der Waals surface area contributed by atoms with Gasteiger partial charge in [0.1, 0.15) is 0 Å². The number of rotatable bonds is 5. The first-order valence-electron chi connectivity index (χ1n) is 15.8. The van der Waals surface area contributed by atoms with Crippen LogP contribution in [0.2, 0.25) is 0 Å². The van der Waals surface area contributed by atoms with Crippen LogP contribution in [0.25, 0.3) is 0 Å². The molecule has 24 heteroatoms. The fourth-order valence-corrected chi connectivity index (χ4v) is 1.69. The first-order valence-corrected chi connectivity index (χ1v) is 20.0. The number of nitrogens with zero attached hydrogens (tertiary/aromatic N) is 8. The highest BCUT2D eigenvalue weighted by Crippen LogP contribution is 2.31. The molecule has 0 fully saturated rings. The lowest BCUT2D eigenvalue weighted by Gasteiger charge is -2.53. The van der Waals surface area contributed by atoms with E-state index in [-0.39, 0.29) is 11.1 Å². The Hall–Kier alpha value is -0.750. The summed E-state index contributed by atoms with van der Waals surface area (Å²) in [5.41, 5.74) is 5.91. The molecule has 0 spiro atoms. The number of likely N-dealkylation sites (N-methyl/N-ethyl adjacent to an activating group) is 2. The van der Waals surface area contributed by atoms with E-state index in [9.17, 15) is 0 Å². The summed E-state index contributed by atoms with van der Waals surface area (Å²) >= 11 is 0. The SMILES string of the molecule is CC(CN)N(C)C(C)(C)C(C)(C)N(C)C.CN(C)C.CN(C)C.CN(C)C.CN(C)C.CN(C)C.CN(C)C.O=S(=O)(O)O.O=S(=O)(O)O.O=S(=O)(O)O. The highest BCUT2D eigenvalue weighted by molar-refractivity contribution is 7.80. The van der Waals surface area contributed by atoms with Crippen molar-refractivity contribution in [3.63, 3.8) is 0 Å². The highest BCUT2D eigenvalue weighted by atomic mass is 32.3. The highest BCUT2D eigenvalue weighted by Gasteiger charge is 2.42. The van der Waals surface area contributed by atoms with Gasteiger partial charge in [-0.2, -0.15) is 25.3 Å². The Kier molecular flexibility index (Phi) is 60.3. The standard InChI is InChI=1S/C12H29N3.6C3H9N.3H2O4S/c1-10(9-13)15(8)12(4,5)11(2,3)14(6)7;6*1-4(2)3;3*1-5(2,3)4/h10H,9,13H2,1-8H3;6*1-3H3;3*(H2,1,2,3,4). The first-order chi connectivity index (χ1) is 23.0. The van der Waals surface area contributed by atoms with E-state index in [0.29, 0.717) is 12.6 Å². The molecule has 8 N–H and O–H groups in total. The average molecular weight is 864 g/mol. The van der Waals surface area contributed by atoms with Gasteiger partial charge in [0.05, 0.1) is 0 Å². The minimum absolute atomic E-state index is 0.0787. The van der Waals surface area contributed by atoms with Crippen molar-refractivity contribution in [3.05, 3.63) is 0 Å². The van der Waals surface area contributed by atoms with Crippen molar-refractivity contribution in [2.75, 3.05) is 155 Å². The quantitative estimate of drug-likeness (QED) is 0.185. The van der Waals surface area contributed by atoms with Crippen molar-refractivity contribution in [2.45, 2.75) is 51.7 Å². The molecule has 0 aliphatic rings. The van der Waals surface area contributed by atoms with Crippen LogP contribution in [-0.4, -0.2) is 263 Å². The van der Waals surface area contributed by atoms with E-state index in [1.54, 1.807) is 0 Å². The second-order valence-electron chi connectivity index (χ2n) is 15.1. The predicted octanol–water partition coefficient (Wildman–Crippen LogP) is 0.493. The molecule has 0 amide bonds. The Balaban J connectivity index is -0.0000000530. The van der Waals surface area contributed by atoms with Crippen LogP contribution < -0.4 is 5.73 Å². The molecule has 0 saturated heterocycles. The van der Waals surface area contributed by atoms with Crippen molar-refractivity contribution in [3.8, 4) is 0 Å². The van der Waals surface area contributed by atoms with Gasteiger partial charge in [-0.05, 0) is 183 Å². The third kappa shape index (κ3) is 188. The Labute approximate surface area is 334 Å². The van der Waals surface area contributed by atoms with Gasteiger partial charge < -0.3 is 40.0 Å². The Morgan fingerprint density at radius 2 is 0.519 bits per heavy atom. The number of hydrogen-bond donors (Lipinski definition) is 7. The van der Waals surface area contributed by atoms with Crippen LogP contribution in [0, 0.1) is 0 Å². The molecule has 0 aromatic heterocycles. The smallest absolute Gasteiger partial charge is 0.329 e. The molecule has 1 atom stereocenters. The molecular formula is C30H89N9O12S3. The fraction of sp³-hybridized carbons (Fsp3) is 1.00. The van der Waals surface area contributed by atoms with E-state index >= 15 is 0 Å². The summed E-state index contributed by atoms with van der Waals surface area (Å²) in [5, 5.41) is 0. The Morgan fingerprint density at radius 3 is 0.593 bits per heavy atom. The van der Waals surface area contributed by atoms with Crippen LogP contribution in [-0.2, 0) is 31.2 Å². The molecule has 1 unspecified atom stereocenters. The predicted molar refractivity (Wildman–Crippen MR) is 228 cm³/mol. The molecule has 344 valence electrons. The summed E-state index contributed by atoms with van der Waals surface area (Å²) < 4.78 is 94.8. The van der Waals surface area contributed by atoms with Crippen LogP contribution in [0.15, 0.2) is 0 Å². The van der Waals surface area contributed by atoms with Crippen molar-refractivity contribution in [1.29, 1.82) is 0 Å². The molecule has 21 nitrogen and oxygen atoms in total. The van der Waals surface area contributed by atoms with E-state index in [2.05, 4.69) is 65.6 Å². The largest absolute Gasteiger partial charge is 0.394 e. The van der Waals surface area contributed by atoms with Crippen molar-refractivity contribution in [1.82, 2.24) is 39.2 Å². The van der Waals surface area contributed by atoms with Gasteiger partial charge in [0, 0.05) is 23.7 Å². The molecule has 0 bridgehead atoms. The third-order valence-electron chi connectivity index (χ3n) is 4.50. The topological polar surface area (TPSA) is 276 Å². The zero-order chi connectivity index (χ0) is 47.4. The van der Waals surface area contributed by atoms with Gasteiger partial charge in [-0.15, -0.1) is 0 Å². The lowest BCUT2D eigenvalue weighted by molar-refractivity contribution is -0.0164. The molecule has 0 radical (unpaired) electrons. The minimum Gasteiger partial charge on any atom is -0.329 e. The van der Waals surface area contributed by atoms with Gasteiger partial charge in [-0.1, -0.05) is 0 Å². The molecule has 0 aliphatic carbocycles. The first kappa shape index (κ1) is 77.7. The molecule has 0 rings (SSSR count). The van der Waals surface area contributed by atoms with Crippen molar-refractivity contribution >= 4 is 31.2 Å². The minimum atomic E-state index is -4.67. The lowest BCUT2D eigenvalue weighted by atomic mass is 9.79. The summed E-state index contributed by atoms with van der Waals surface area (Å²) in [6, 6.07) is 0.402. The maximum atomic E-state index is 8.74. The monoisotopic (exact) mass is 864 g/mol. The summed E-state index contributed by atoms with van der Waals surface area (Å²) in [6.07, 6.45) is 0. The third-order valence-corrected chi connectivity index (χ3v) is 4.50. The maximum Gasteiger partial charge on any atom is 0.394 e. The van der Waals surface area contributed by atoms with Gasteiger partial charge in [0.2, 0.25) is 0 Å². The summed E-state index contributed by atoms with van der Waals surface area (Å²) in [7, 11) is 28.4. The second kappa shape index (κ2) is 41.9. The molecule has 0 aromatic rings. The lowest BCUT2D eigenvalue weighted by Crippen LogP contribution is -2.65. The van der Waals surface area contributed by atoms with Gasteiger partial charge in [-0.3, -0.25) is 32.2 Å². The van der Waals surface area contributed by atoms with E-state index in [4.69, 9.17) is 58.3 Å². The average Bonchev–Trinajstić information content (AvgIpc) is 2.77. The fourth-order valence-electron chi connectivity index (χ4n) is 1.69. The summed E-state index contributed by atoms with van der Waals surface area (Å²) in [6.45, 7) is 12.0. The van der Waals surface area contributed by atoms with E-state index in [1.165, 1.54) is 0 Å². The molecule has 54 heavy (non-hydrogen) atoms. The van der Waals surface area contributed by atoms with Gasteiger partial charge in [0.25, 0.3) is 0 Å². The van der Waals surface area contributed by atoms with E-state index < -0.39 is 31.2 Å². The molecule has 0 aliphatic heterocycles. The maximum absolute atomic E-state index is 8.74. The zero-order valence-corrected chi connectivity index (χ0v) is 41.2. The van der Waals surface area contributed by atoms with E-state index in [1.807, 2.05) is 156 Å². The van der Waals surface area contributed by atoms with Crippen molar-refractivity contribution < 1.29 is 52.6 Å². The molecular weight excluding hydrogens is 775 g/mol. The zero-order valence-electron chi connectivity index (χ0n) is 38.8. The summed E-state index contributed by atoms with van der Waals surface area (Å²) in [4.78, 5) is 16.6. The molecule has 0 saturated carbocycles. The van der Waals surface area contributed by atoms with Gasteiger partial charge >= 0.3 is 31.2 Å².